The monoisotopic (exact) mass is 501 g/mol. The van der Waals surface area contributed by atoms with Gasteiger partial charge in [-0.3, -0.25) is 0 Å². The molecule has 0 fully saturated rings. The summed E-state index contributed by atoms with van der Waals surface area (Å²) in [6.45, 7) is 2.89. The lowest BCUT2D eigenvalue weighted by molar-refractivity contribution is 0.214. The van der Waals surface area contributed by atoms with Crippen LogP contribution in [0.1, 0.15) is 12.5 Å². The Bertz CT molecular complexity index is 771. The first-order chi connectivity index (χ1) is 13.1. The first-order valence-electron chi connectivity index (χ1n) is 8.61. The molecule has 28 heavy (non-hydrogen) atoms. The summed E-state index contributed by atoms with van der Waals surface area (Å²) >= 11 is 0. The minimum Gasteiger partial charge on any atom is -0.493 e. The van der Waals surface area contributed by atoms with Gasteiger partial charge in [0.05, 0.1) is 34.4 Å². The normalized spacial score (nSPS) is 11.8. The fourth-order valence-electron chi connectivity index (χ4n) is 2.43. The number of guanidine groups is 1. The Morgan fingerprint density at radius 2 is 1.57 bits per heavy atom. The third-order valence-electron chi connectivity index (χ3n) is 3.85. The number of methoxy groups -OCH3 is 3. The maximum atomic E-state index is 5.95. The summed E-state index contributed by atoms with van der Waals surface area (Å²) in [4.78, 5) is 4.34. The Balaban J connectivity index is 0.00000392. The number of rotatable bonds is 9. The van der Waals surface area contributed by atoms with Crippen molar-refractivity contribution in [2.75, 3.05) is 27.9 Å². The van der Waals surface area contributed by atoms with Gasteiger partial charge in [0.25, 0.3) is 0 Å². The lowest BCUT2D eigenvalue weighted by Crippen LogP contribution is -2.38. The molecule has 2 aromatic carbocycles. The van der Waals surface area contributed by atoms with Crippen LogP contribution in [0.3, 0.4) is 0 Å². The van der Waals surface area contributed by atoms with Gasteiger partial charge in [0.15, 0.2) is 29.0 Å². The molecule has 0 aliphatic carbocycles. The molecule has 0 radical (unpaired) electrons. The minimum atomic E-state index is -0.115. The van der Waals surface area contributed by atoms with Crippen LogP contribution in [0.2, 0.25) is 0 Å². The molecule has 8 heteroatoms. The van der Waals surface area contributed by atoms with Gasteiger partial charge in [-0.05, 0) is 36.8 Å². The van der Waals surface area contributed by atoms with Crippen LogP contribution in [-0.4, -0.2) is 39.9 Å². The summed E-state index contributed by atoms with van der Waals surface area (Å²) in [5.74, 6) is 3.07. The highest BCUT2D eigenvalue weighted by molar-refractivity contribution is 14.0. The van der Waals surface area contributed by atoms with Crippen molar-refractivity contribution >= 4 is 29.9 Å². The van der Waals surface area contributed by atoms with Crippen LogP contribution in [0.15, 0.2) is 47.5 Å². The lowest BCUT2D eigenvalue weighted by atomic mass is 10.2. The Morgan fingerprint density at radius 3 is 2.21 bits per heavy atom. The molecule has 154 valence electrons. The number of para-hydroxylation sites is 2. The predicted octanol–water partition coefficient (Wildman–Crippen LogP) is 3.20. The number of hydrogen-bond donors (Lipinski definition) is 2. The van der Waals surface area contributed by atoms with Crippen LogP contribution in [0.25, 0.3) is 0 Å². The molecule has 0 spiro atoms. The van der Waals surface area contributed by atoms with Crippen molar-refractivity contribution in [2.45, 2.75) is 19.6 Å². The lowest BCUT2D eigenvalue weighted by Gasteiger charge is -2.17. The van der Waals surface area contributed by atoms with Gasteiger partial charge >= 0.3 is 0 Å². The number of halogens is 1. The predicted molar refractivity (Wildman–Crippen MR) is 121 cm³/mol. The fraction of sp³-hybridized carbons (Fsp3) is 0.350. The third kappa shape index (κ3) is 6.99. The van der Waals surface area contributed by atoms with Crippen molar-refractivity contribution in [3.63, 3.8) is 0 Å². The Labute approximate surface area is 183 Å². The van der Waals surface area contributed by atoms with Crippen molar-refractivity contribution < 1.29 is 18.9 Å². The molecule has 1 unspecified atom stereocenters. The molecule has 0 heterocycles. The average molecular weight is 501 g/mol. The first kappa shape index (κ1) is 23.7. The van der Waals surface area contributed by atoms with Gasteiger partial charge in [-0.2, -0.15) is 0 Å². The van der Waals surface area contributed by atoms with Crippen LogP contribution in [-0.2, 0) is 6.54 Å². The van der Waals surface area contributed by atoms with Crippen LogP contribution in [0.5, 0.6) is 23.0 Å². The zero-order valence-electron chi connectivity index (χ0n) is 16.6. The van der Waals surface area contributed by atoms with Gasteiger partial charge in [0.1, 0.15) is 6.10 Å². The van der Waals surface area contributed by atoms with E-state index in [2.05, 4.69) is 10.3 Å². The summed E-state index contributed by atoms with van der Waals surface area (Å²) in [6.07, 6.45) is -0.115. The number of aliphatic imine (C=N–C) groups is 1. The molecule has 0 saturated carbocycles. The zero-order valence-corrected chi connectivity index (χ0v) is 18.9. The quantitative estimate of drug-likeness (QED) is 0.312. The largest absolute Gasteiger partial charge is 0.493 e. The average Bonchev–Trinajstić information content (AvgIpc) is 2.70. The van der Waals surface area contributed by atoms with Crippen molar-refractivity contribution in [2.24, 2.45) is 10.7 Å². The molecule has 1 atom stereocenters. The van der Waals surface area contributed by atoms with Crippen LogP contribution >= 0.6 is 24.0 Å². The van der Waals surface area contributed by atoms with E-state index < -0.39 is 0 Å². The Hall–Kier alpha value is -2.36. The van der Waals surface area contributed by atoms with Crippen molar-refractivity contribution in [1.29, 1.82) is 0 Å². The third-order valence-corrected chi connectivity index (χ3v) is 3.85. The number of benzene rings is 2. The van der Waals surface area contributed by atoms with Gasteiger partial charge in [0, 0.05) is 0 Å². The van der Waals surface area contributed by atoms with Crippen molar-refractivity contribution in [3.8, 4) is 23.0 Å². The standard InChI is InChI=1S/C20H27N3O4.HI/c1-14(27-18-8-6-5-7-16(18)24-2)12-22-20(21)23-13-15-9-10-17(25-3)19(11-15)26-4;/h5-11,14H,12-13H2,1-4H3,(H3,21,22,23);1H. The van der Waals surface area contributed by atoms with E-state index in [1.165, 1.54) is 0 Å². The zero-order chi connectivity index (χ0) is 19.6. The maximum Gasteiger partial charge on any atom is 0.189 e. The van der Waals surface area contributed by atoms with Gasteiger partial charge in [-0.1, -0.05) is 18.2 Å². The molecule has 0 aliphatic rings. The number of nitrogens with zero attached hydrogens (tertiary/aromatic N) is 1. The van der Waals surface area contributed by atoms with Gasteiger partial charge in [0.2, 0.25) is 0 Å². The molecule has 0 aliphatic heterocycles. The van der Waals surface area contributed by atoms with E-state index in [1.807, 2.05) is 49.4 Å². The van der Waals surface area contributed by atoms with E-state index in [0.717, 1.165) is 5.56 Å². The summed E-state index contributed by atoms with van der Waals surface area (Å²) in [7, 11) is 4.82. The first-order valence-corrected chi connectivity index (χ1v) is 8.61. The van der Waals surface area contributed by atoms with E-state index in [9.17, 15) is 0 Å². The highest BCUT2D eigenvalue weighted by Crippen LogP contribution is 2.28. The number of ether oxygens (including phenoxy) is 4. The highest BCUT2D eigenvalue weighted by atomic mass is 127. The van der Waals surface area contributed by atoms with Gasteiger partial charge in [-0.15, -0.1) is 24.0 Å². The second-order valence-corrected chi connectivity index (χ2v) is 5.85. The highest BCUT2D eigenvalue weighted by Gasteiger charge is 2.09. The maximum absolute atomic E-state index is 5.95. The summed E-state index contributed by atoms with van der Waals surface area (Å²) in [5, 5.41) is 3.07. The summed E-state index contributed by atoms with van der Waals surface area (Å²) in [6, 6.07) is 13.2. The van der Waals surface area contributed by atoms with E-state index in [1.54, 1.807) is 21.3 Å². The van der Waals surface area contributed by atoms with Crippen LogP contribution in [0.4, 0.5) is 0 Å². The molecule has 2 aromatic rings. The fourth-order valence-corrected chi connectivity index (χ4v) is 2.43. The summed E-state index contributed by atoms with van der Waals surface area (Å²) in [5.41, 5.74) is 6.92. The van der Waals surface area contributed by atoms with Crippen molar-refractivity contribution in [1.82, 2.24) is 5.32 Å². The molecule has 7 nitrogen and oxygen atoms in total. The molecule has 2 rings (SSSR count). The molecule has 0 bridgehead atoms. The Kier molecular flexibility index (Phi) is 10.3. The molecule has 0 aromatic heterocycles. The number of nitrogens with two attached hydrogens (primary N) is 1. The van der Waals surface area contributed by atoms with E-state index in [0.29, 0.717) is 42.0 Å². The van der Waals surface area contributed by atoms with Crippen LogP contribution in [0, 0.1) is 0 Å². The molecular weight excluding hydrogens is 473 g/mol. The molecule has 3 N–H and O–H groups in total. The van der Waals surface area contributed by atoms with Gasteiger partial charge < -0.3 is 30.0 Å². The van der Waals surface area contributed by atoms with Crippen LogP contribution < -0.4 is 30.0 Å². The number of nitrogens with one attached hydrogen (secondary N) is 1. The second-order valence-electron chi connectivity index (χ2n) is 5.85. The molecule has 0 amide bonds. The van der Waals surface area contributed by atoms with E-state index in [4.69, 9.17) is 24.7 Å². The van der Waals surface area contributed by atoms with E-state index >= 15 is 0 Å². The molecule has 0 saturated heterocycles. The SMILES string of the molecule is COc1ccc(CN=C(N)NCC(C)Oc2ccccc2OC)cc1OC.I. The minimum absolute atomic E-state index is 0. The van der Waals surface area contributed by atoms with E-state index in [-0.39, 0.29) is 30.1 Å². The Morgan fingerprint density at radius 1 is 0.964 bits per heavy atom. The smallest absolute Gasteiger partial charge is 0.189 e. The molecular formula is C20H28IN3O4. The van der Waals surface area contributed by atoms with Crippen molar-refractivity contribution in [3.05, 3.63) is 48.0 Å². The summed E-state index contributed by atoms with van der Waals surface area (Å²) < 4.78 is 21.7. The topological polar surface area (TPSA) is 87.3 Å². The number of hydrogen-bond acceptors (Lipinski definition) is 5. The van der Waals surface area contributed by atoms with Gasteiger partial charge in [-0.25, -0.2) is 4.99 Å². The second kappa shape index (κ2) is 12.2.